The molecular formula is C59H69F2N9O6. The minimum atomic E-state index is -0.771. The standard InChI is InChI=1S/C59H69F2N9O6/c1-4-40-44(60)8-6-37-26-39(71)28-41(48(37)40)50-49(61)51-42(31-62-50)52(69-18-5-12-59(34-69)17-25-76-59)65-55(64-51)75-35-58(13-14-58)33-67-19-15-57(16-20-67)29-36(30-57)32-66-21-23-68(24-22-66)38-7-9-45-43(27-38)56(2,3)54(74)70(45)46-10-11-47(72)63-53(46)73/h6-9,26-28,31,36,46,71H,4-5,10-25,29-30,32-35H2,1-3H3,(H,63,72,73)/t46?,59-/m0/s1. The van der Waals surface area contributed by atoms with Gasteiger partial charge in [0.2, 0.25) is 17.7 Å². The maximum atomic E-state index is 17.3. The van der Waals surface area contributed by atoms with Crippen molar-refractivity contribution in [2.24, 2.45) is 16.7 Å². The van der Waals surface area contributed by atoms with Gasteiger partial charge in [-0.15, -0.1) is 0 Å². The normalized spacial score (nSPS) is 25.3. The van der Waals surface area contributed by atoms with Crippen LogP contribution < -0.4 is 24.8 Å². The van der Waals surface area contributed by atoms with Gasteiger partial charge in [-0.25, -0.2) is 8.78 Å². The summed E-state index contributed by atoms with van der Waals surface area (Å²) in [6.45, 7) is 16.3. The molecule has 5 aromatic rings. The summed E-state index contributed by atoms with van der Waals surface area (Å²) in [5, 5.41) is 14.8. The third-order valence-electron chi connectivity index (χ3n) is 19.0. The van der Waals surface area contributed by atoms with E-state index in [1.165, 1.54) is 37.8 Å². The van der Waals surface area contributed by atoms with E-state index in [0.29, 0.717) is 70.4 Å². The lowest BCUT2D eigenvalue weighted by molar-refractivity contribution is -0.151. The first-order valence-electron chi connectivity index (χ1n) is 28.0. The predicted octanol–water partition coefficient (Wildman–Crippen LogP) is 8.05. The van der Waals surface area contributed by atoms with Gasteiger partial charge < -0.3 is 29.3 Å². The number of anilines is 3. The topological polar surface area (TPSA) is 157 Å². The number of imide groups is 1. The zero-order valence-corrected chi connectivity index (χ0v) is 44.1. The van der Waals surface area contributed by atoms with Crippen molar-refractivity contribution in [1.82, 2.24) is 30.1 Å². The van der Waals surface area contributed by atoms with Gasteiger partial charge >= 0.3 is 6.01 Å². The molecule has 6 aliphatic heterocycles. The Balaban J connectivity index is 0.635. The van der Waals surface area contributed by atoms with Crippen LogP contribution in [0.4, 0.5) is 26.0 Å². The molecule has 3 aromatic carbocycles. The molecule has 2 atom stereocenters. The number of phenols is 1. The number of pyridine rings is 1. The summed E-state index contributed by atoms with van der Waals surface area (Å²) in [5.74, 6) is -0.632. The largest absolute Gasteiger partial charge is 0.508 e. The molecule has 17 heteroatoms. The van der Waals surface area contributed by atoms with Gasteiger partial charge in [0.05, 0.1) is 29.6 Å². The number of nitrogens with one attached hydrogen (secondary N) is 1. The van der Waals surface area contributed by atoms with Crippen molar-refractivity contribution in [3.63, 3.8) is 0 Å². The average Bonchev–Trinajstić information content (AvgIpc) is 4.16. The molecule has 2 saturated carbocycles. The Labute approximate surface area is 442 Å². The minimum Gasteiger partial charge on any atom is -0.508 e. The predicted molar refractivity (Wildman–Crippen MR) is 286 cm³/mol. The van der Waals surface area contributed by atoms with Gasteiger partial charge in [-0.05, 0) is 161 Å². The third kappa shape index (κ3) is 8.62. The van der Waals surface area contributed by atoms with Gasteiger partial charge in [-0.1, -0.05) is 13.0 Å². The van der Waals surface area contributed by atoms with E-state index in [1.54, 1.807) is 23.2 Å². The van der Waals surface area contributed by atoms with E-state index >= 15 is 8.78 Å². The highest BCUT2D eigenvalue weighted by Gasteiger charge is 2.51. The summed E-state index contributed by atoms with van der Waals surface area (Å²) in [7, 11) is 0. The maximum absolute atomic E-state index is 17.3. The van der Waals surface area contributed by atoms with Crippen LogP contribution in [0.5, 0.6) is 11.8 Å². The van der Waals surface area contributed by atoms with E-state index in [4.69, 9.17) is 19.4 Å². The van der Waals surface area contributed by atoms with Crippen LogP contribution in [-0.4, -0.2) is 138 Å². The molecule has 1 unspecified atom stereocenters. The lowest BCUT2D eigenvalue weighted by Crippen LogP contribution is -2.56. The van der Waals surface area contributed by atoms with Crippen molar-refractivity contribution < 1.29 is 37.7 Å². The Morgan fingerprint density at radius 2 is 1.67 bits per heavy atom. The zero-order chi connectivity index (χ0) is 52.3. The van der Waals surface area contributed by atoms with Crippen LogP contribution in [-0.2, 0) is 31.0 Å². The number of amides is 3. The molecule has 2 N–H and O–H groups in total. The molecule has 5 saturated heterocycles. The molecule has 8 heterocycles. The Bertz CT molecular complexity index is 3170. The highest BCUT2D eigenvalue weighted by atomic mass is 19.1. The van der Waals surface area contributed by atoms with Crippen LogP contribution in [0.25, 0.3) is 32.9 Å². The summed E-state index contributed by atoms with van der Waals surface area (Å²) in [6, 6.07) is 11.7. The number of piperidine rings is 3. The zero-order valence-electron chi connectivity index (χ0n) is 44.1. The van der Waals surface area contributed by atoms with Gasteiger partial charge in [0.25, 0.3) is 0 Å². The number of hydrogen-bond acceptors (Lipinski definition) is 13. The molecule has 15 nitrogen and oxygen atoms in total. The Hall–Kier alpha value is -6.04. The SMILES string of the molecule is CCc1c(F)ccc2cc(O)cc(-c3ncc4c(N5CCC[C@]6(CCO6)C5)nc(OCC5(CN6CCC7(CC6)CC(CN6CCN(c8ccc9c(c8)C(C)(C)C(=O)N9C8CCC(=O)NC8=O)CC6)C7)CC5)nc4c3F)c12. The summed E-state index contributed by atoms with van der Waals surface area (Å²) in [4.78, 5) is 64.3. The summed E-state index contributed by atoms with van der Waals surface area (Å²) < 4.78 is 45.2. The van der Waals surface area contributed by atoms with Crippen LogP contribution in [0.2, 0.25) is 0 Å². The molecule has 0 radical (unpaired) electrons. The van der Waals surface area contributed by atoms with E-state index in [1.807, 2.05) is 26.8 Å². The van der Waals surface area contributed by atoms with Crippen LogP contribution in [0.1, 0.15) is 103 Å². The molecule has 2 spiro atoms. The summed E-state index contributed by atoms with van der Waals surface area (Å²) in [5.41, 5.74) is 3.01. The van der Waals surface area contributed by atoms with Gasteiger partial charge in [-0.2, -0.15) is 9.97 Å². The number of carbonyl (C=O) groups is 3. The Kier molecular flexibility index (Phi) is 12.1. The molecule has 2 aromatic heterocycles. The van der Waals surface area contributed by atoms with Gasteiger partial charge in [0, 0.05) is 93.7 Å². The average molecular weight is 1040 g/mol. The molecule has 7 fully saturated rings. The van der Waals surface area contributed by atoms with E-state index in [-0.39, 0.29) is 52.2 Å². The second kappa shape index (κ2) is 18.6. The lowest BCUT2D eigenvalue weighted by Gasteiger charge is -2.54. The van der Waals surface area contributed by atoms with E-state index in [9.17, 15) is 19.5 Å². The van der Waals surface area contributed by atoms with Crippen molar-refractivity contribution in [2.45, 2.75) is 115 Å². The molecule has 76 heavy (non-hydrogen) atoms. The number of aromatic hydroxyl groups is 1. The third-order valence-corrected chi connectivity index (χ3v) is 19.0. The molecular weight excluding hydrogens is 969 g/mol. The molecule has 2 aliphatic carbocycles. The van der Waals surface area contributed by atoms with Crippen molar-refractivity contribution in [3.8, 4) is 23.0 Å². The molecule has 400 valence electrons. The van der Waals surface area contributed by atoms with Gasteiger partial charge in [-0.3, -0.25) is 34.5 Å². The number of fused-ring (bicyclic) bond motifs is 3. The molecule has 0 bridgehead atoms. The second-order valence-corrected chi connectivity index (χ2v) is 24.4. The number of phenolic OH excluding ortho intramolecular Hbond substituents is 1. The number of hydrogen-bond donors (Lipinski definition) is 2. The van der Waals surface area contributed by atoms with Crippen molar-refractivity contribution in [3.05, 3.63) is 71.4 Å². The van der Waals surface area contributed by atoms with E-state index < -0.39 is 29.0 Å². The second-order valence-electron chi connectivity index (χ2n) is 24.4. The fourth-order valence-electron chi connectivity index (χ4n) is 14.4. The fourth-order valence-corrected chi connectivity index (χ4v) is 14.4. The first-order valence-corrected chi connectivity index (χ1v) is 28.0. The highest BCUT2D eigenvalue weighted by Crippen LogP contribution is 2.55. The number of halogens is 2. The molecule has 13 rings (SSSR count). The minimum absolute atomic E-state index is 0.0133. The van der Waals surface area contributed by atoms with Crippen LogP contribution in [0, 0.1) is 28.4 Å². The van der Waals surface area contributed by atoms with Crippen LogP contribution >= 0.6 is 0 Å². The molecule has 3 amide bonds. The number of carbonyl (C=O) groups excluding carboxylic acids is 3. The number of piperazine rings is 1. The highest BCUT2D eigenvalue weighted by molar-refractivity contribution is 6.14. The Morgan fingerprint density at radius 1 is 0.882 bits per heavy atom. The number of likely N-dealkylation sites (tertiary alicyclic amines) is 1. The first kappa shape index (κ1) is 49.5. The monoisotopic (exact) mass is 1040 g/mol. The summed E-state index contributed by atoms with van der Waals surface area (Å²) >= 11 is 0. The first-order chi connectivity index (χ1) is 36.6. The number of aryl methyl sites for hydroxylation is 1. The Morgan fingerprint density at radius 3 is 2.39 bits per heavy atom. The van der Waals surface area contributed by atoms with Crippen molar-refractivity contribution in [2.75, 3.05) is 93.4 Å². The fraction of sp³-hybridized carbons (Fsp3) is 0.559. The number of aromatic nitrogens is 3. The lowest BCUT2D eigenvalue weighted by atomic mass is 9.57. The van der Waals surface area contributed by atoms with E-state index in [2.05, 4.69) is 42.0 Å². The van der Waals surface area contributed by atoms with Crippen LogP contribution in [0.15, 0.2) is 48.7 Å². The molecule has 8 aliphatic rings. The number of ether oxygens (including phenoxy) is 2. The van der Waals surface area contributed by atoms with Crippen molar-refractivity contribution in [1.29, 1.82) is 0 Å². The number of nitrogens with zero attached hydrogens (tertiary/aromatic N) is 8. The van der Waals surface area contributed by atoms with Gasteiger partial charge in [0.15, 0.2) is 5.82 Å². The maximum Gasteiger partial charge on any atom is 0.319 e. The van der Waals surface area contributed by atoms with Gasteiger partial charge in [0.1, 0.15) is 34.6 Å². The van der Waals surface area contributed by atoms with Crippen molar-refractivity contribution >= 4 is 56.6 Å². The quantitative estimate of drug-likeness (QED) is 0.116. The van der Waals surface area contributed by atoms with Crippen LogP contribution in [0.3, 0.4) is 0 Å². The van der Waals surface area contributed by atoms with E-state index in [0.717, 1.165) is 115 Å². The number of rotatable bonds is 12. The summed E-state index contributed by atoms with van der Waals surface area (Å²) in [6.07, 6.45) is 12.5. The smallest absolute Gasteiger partial charge is 0.319 e. The number of benzene rings is 3.